The van der Waals surface area contributed by atoms with Gasteiger partial charge in [0.2, 0.25) is 5.91 Å². The zero-order chi connectivity index (χ0) is 20.0. The van der Waals surface area contributed by atoms with Gasteiger partial charge in [-0.15, -0.1) is 0 Å². The van der Waals surface area contributed by atoms with E-state index in [4.69, 9.17) is 9.72 Å². The summed E-state index contributed by atoms with van der Waals surface area (Å²) in [7, 11) is 0. The maximum absolute atomic E-state index is 13.1. The molecule has 0 unspecified atom stereocenters. The van der Waals surface area contributed by atoms with Gasteiger partial charge in [0.05, 0.1) is 18.2 Å². The van der Waals surface area contributed by atoms with E-state index in [9.17, 15) is 9.59 Å². The van der Waals surface area contributed by atoms with Crippen LogP contribution in [0.4, 0.5) is 0 Å². The lowest BCUT2D eigenvalue weighted by atomic mass is 10.1. The SMILES string of the molecule is C[C@H]1c2nc(CC(=O)N3CC=CC3)cn2CCN1C(=O)[C@@H]1Cc2ccccc2O1. The Balaban J connectivity index is 1.28. The molecule has 1 aromatic heterocycles. The van der Waals surface area contributed by atoms with Crippen LogP contribution in [-0.2, 0) is 29.0 Å². The molecule has 2 atom stereocenters. The van der Waals surface area contributed by atoms with Gasteiger partial charge < -0.3 is 19.1 Å². The maximum atomic E-state index is 13.1. The molecule has 29 heavy (non-hydrogen) atoms. The maximum Gasteiger partial charge on any atom is 0.264 e. The van der Waals surface area contributed by atoms with E-state index in [0.717, 1.165) is 22.8 Å². The molecule has 0 saturated heterocycles. The Hall–Kier alpha value is -3.09. The number of benzene rings is 1. The van der Waals surface area contributed by atoms with Gasteiger partial charge in [-0.2, -0.15) is 0 Å². The summed E-state index contributed by atoms with van der Waals surface area (Å²) < 4.78 is 7.97. The number of aromatic nitrogens is 2. The van der Waals surface area contributed by atoms with Crippen LogP contribution < -0.4 is 4.74 Å². The first kappa shape index (κ1) is 18.0. The lowest BCUT2D eigenvalue weighted by Crippen LogP contribution is -2.47. The van der Waals surface area contributed by atoms with Gasteiger partial charge >= 0.3 is 0 Å². The first-order valence-corrected chi connectivity index (χ1v) is 10.1. The molecule has 0 N–H and O–H groups in total. The highest BCUT2D eigenvalue weighted by Gasteiger charge is 2.37. The number of hydrogen-bond acceptors (Lipinski definition) is 4. The number of amides is 2. The van der Waals surface area contributed by atoms with Crippen LogP contribution in [-0.4, -0.2) is 56.9 Å². The third-order valence-electron chi connectivity index (χ3n) is 5.99. The first-order valence-electron chi connectivity index (χ1n) is 10.1. The monoisotopic (exact) mass is 392 g/mol. The van der Waals surface area contributed by atoms with E-state index >= 15 is 0 Å². The van der Waals surface area contributed by atoms with Crippen LogP contribution in [0.15, 0.2) is 42.6 Å². The second-order valence-corrected chi connectivity index (χ2v) is 7.86. The van der Waals surface area contributed by atoms with Gasteiger partial charge in [0.1, 0.15) is 11.6 Å². The summed E-state index contributed by atoms with van der Waals surface area (Å²) in [5.41, 5.74) is 1.84. The molecule has 150 valence electrons. The topological polar surface area (TPSA) is 67.7 Å². The number of nitrogens with zero attached hydrogens (tertiary/aromatic N) is 4. The largest absolute Gasteiger partial charge is 0.480 e. The van der Waals surface area contributed by atoms with Crippen LogP contribution in [0.3, 0.4) is 0 Å². The molecule has 0 saturated carbocycles. The molecule has 0 fully saturated rings. The van der Waals surface area contributed by atoms with Crippen molar-refractivity contribution in [2.75, 3.05) is 19.6 Å². The zero-order valence-electron chi connectivity index (χ0n) is 16.5. The number of ether oxygens (including phenoxy) is 1. The summed E-state index contributed by atoms with van der Waals surface area (Å²) in [5.74, 6) is 1.73. The number of rotatable bonds is 3. The van der Waals surface area contributed by atoms with Gasteiger partial charge in [-0.1, -0.05) is 30.4 Å². The quantitative estimate of drug-likeness (QED) is 0.746. The van der Waals surface area contributed by atoms with Crippen LogP contribution >= 0.6 is 0 Å². The van der Waals surface area contributed by atoms with Crippen molar-refractivity contribution in [2.24, 2.45) is 0 Å². The molecule has 5 rings (SSSR count). The third kappa shape index (κ3) is 3.20. The fourth-order valence-corrected chi connectivity index (χ4v) is 4.39. The summed E-state index contributed by atoms with van der Waals surface area (Å²) in [5, 5.41) is 0. The van der Waals surface area contributed by atoms with E-state index < -0.39 is 6.10 Å². The third-order valence-corrected chi connectivity index (χ3v) is 5.99. The molecule has 7 nitrogen and oxygen atoms in total. The molecule has 7 heteroatoms. The van der Waals surface area contributed by atoms with E-state index in [1.807, 2.05) is 59.3 Å². The van der Waals surface area contributed by atoms with Crippen molar-refractivity contribution in [1.29, 1.82) is 0 Å². The summed E-state index contributed by atoms with van der Waals surface area (Å²) in [6, 6.07) is 7.66. The number of carbonyl (C=O) groups excluding carboxylic acids is 2. The minimum atomic E-state index is -0.472. The van der Waals surface area contributed by atoms with E-state index in [0.29, 0.717) is 39.0 Å². The Morgan fingerprint density at radius 2 is 1.97 bits per heavy atom. The van der Waals surface area contributed by atoms with E-state index in [1.54, 1.807) is 0 Å². The van der Waals surface area contributed by atoms with Crippen molar-refractivity contribution < 1.29 is 14.3 Å². The number of carbonyl (C=O) groups is 2. The van der Waals surface area contributed by atoms with Gasteiger partial charge in [-0.3, -0.25) is 9.59 Å². The Morgan fingerprint density at radius 1 is 1.17 bits per heavy atom. The van der Waals surface area contributed by atoms with E-state index in [2.05, 4.69) is 4.57 Å². The molecular formula is C22H24N4O3. The van der Waals surface area contributed by atoms with E-state index in [-0.39, 0.29) is 17.9 Å². The highest BCUT2D eigenvalue weighted by atomic mass is 16.5. The average molecular weight is 392 g/mol. The highest BCUT2D eigenvalue weighted by Crippen LogP contribution is 2.32. The van der Waals surface area contributed by atoms with Crippen LogP contribution in [0.2, 0.25) is 0 Å². The second-order valence-electron chi connectivity index (χ2n) is 7.86. The Kier molecular flexibility index (Phi) is 4.38. The molecule has 0 bridgehead atoms. The molecule has 0 aliphatic carbocycles. The number of fused-ring (bicyclic) bond motifs is 2. The fourth-order valence-electron chi connectivity index (χ4n) is 4.39. The summed E-state index contributed by atoms with van der Waals surface area (Å²) in [4.78, 5) is 33.9. The van der Waals surface area contributed by atoms with Crippen LogP contribution in [0.1, 0.15) is 30.0 Å². The Labute approximate surface area is 169 Å². The molecule has 0 radical (unpaired) electrons. The van der Waals surface area contributed by atoms with Crippen molar-refractivity contribution >= 4 is 11.8 Å². The van der Waals surface area contributed by atoms with Crippen molar-refractivity contribution in [3.8, 4) is 5.75 Å². The summed E-state index contributed by atoms with van der Waals surface area (Å²) >= 11 is 0. The molecule has 3 aliphatic rings. The second kappa shape index (κ2) is 7.06. The molecule has 0 spiro atoms. The van der Waals surface area contributed by atoms with Crippen LogP contribution in [0, 0.1) is 0 Å². The fraction of sp³-hybridized carbons (Fsp3) is 0.409. The molecule has 2 amide bonds. The molecular weight excluding hydrogens is 368 g/mol. The average Bonchev–Trinajstić information content (AvgIpc) is 3.46. The first-order chi connectivity index (χ1) is 14.1. The lowest BCUT2D eigenvalue weighted by Gasteiger charge is -2.35. The Bertz CT molecular complexity index is 963. The summed E-state index contributed by atoms with van der Waals surface area (Å²) in [6.45, 7) is 4.64. The standard InChI is InChI=1S/C22H24N4O3/c1-15-21-23-17(13-20(27)24-8-4-5-9-24)14-25(21)10-11-26(15)22(28)19-12-16-6-2-3-7-18(16)29-19/h2-7,14-15,19H,8-13H2,1H3/t15-,19-/m0/s1. The van der Waals surface area contributed by atoms with Gasteiger partial charge in [0, 0.05) is 38.8 Å². The number of imidazole rings is 1. The number of para-hydroxylation sites is 1. The Morgan fingerprint density at radius 3 is 2.76 bits per heavy atom. The van der Waals surface area contributed by atoms with Crippen molar-refractivity contribution in [2.45, 2.75) is 38.5 Å². The molecule has 3 aliphatic heterocycles. The smallest absolute Gasteiger partial charge is 0.264 e. The highest BCUT2D eigenvalue weighted by molar-refractivity contribution is 5.83. The molecule has 4 heterocycles. The van der Waals surface area contributed by atoms with Gasteiger partial charge in [0.15, 0.2) is 6.10 Å². The van der Waals surface area contributed by atoms with E-state index in [1.165, 1.54) is 0 Å². The van der Waals surface area contributed by atoms with Crippen molar-refractivity contribution in [3.05, 3.63) is 59.7 Å². The van der Waals surface area contributed by atoms with Gasteiger partial charge in [0.25, 0.3) is 5.91 Å². The van der Waals surface area contributed by atoms with Crippen molar-refractivity contribution in [3.63, 3.8) is 0 Å². The minimum Gasteiger partial charge on any atom is -0.480 e. The van der Waals surface area contributed by atoms with Crippen LogP contribution in [0.5, 0.6) is 5.75 Å². The minimum absolute atomic E-state index is 0.00344. The lowest BCUT2D eigenvalue weighted by molar-refractivity contribution is -0.141. The predicted octanol–water partition coefficient (Wildman–Crippen LogP) is 1.73. The van der Waals surface area contributed by atoms with Crippen molar-refractivity contribution in [1.82, 2.24) is 19.4 Å². The van der Waals surface area contributed by atoms with Gasteiger partial charge in [-0.05, 0) is 18.6 Å². The van der Waals surface area contributed by atoms with Crippen LogP contribution in [0.25, 0.3) is 0 Å². The molecule has 1 aromatic carbocycles. The zero-order valence-corrected chi connectivity index (χ0v) is 16.5. The normalized spacial score (nSPS) is 22.4. The molecule has 2 aromatic rings. The number of hydrogen-bond donors (Lipinski definition) is 0. The summed E-state index contributed by atoms with van der Waals surface area (Å²) in [6.07, 6.45) is 6.40. The van der Waals surface area contributed by atoms with Gasteiger partial charge in [-0.25, -0.2) is 4.98 Å². The predicted molar refractivity (Wildman–Crippen MR) is 106 cm³/mol.